The highest BCUT2D eigenvalue weighted by Gasteiger charge is 2.23. The predicted octanol–water partition coefficient (Wildman–Crippen LogP) is 5.17. The maximum atomic E-state index is 14.4. The molecule has 3 aromatic rings. The van der Waals surface area contributed by atoms with Crippen LogP contribution < -0.4 is 10.2 Å². The van der Waals surface area contributed by atoms with Crippen molar-refractivity contribution in [2.24, 2.45) is 0 Å². The molecule has 0 atom stereocenters. The lowest BCUT2D eigenvalue weighted by Gasteiger charge is -2.21. The number of nitrogens with zero attached hydrogens (tertiary/aromatic N) is 1. The minimum absolute atomic E-state index is 0.0107. The third-order valence-corrected chi connectivity index (χ3v) is 5.73. The number of hydrogen-bond acceptors (Lipinski definition) is 3. The standard InChI is InChI=1S/C24H20F2N2O2S/c25-18-8-11-22(21(26)14-18)28(15-20-2-1-13-31-20)23(29)12-5-16-3-6-17(7-4-16)24(30)27-19-9-10-19/h1-8,11-14,19H,9-10,15H2,(H,27,30)/b12-5+. The second-order valence-electron chi connectivity index (χ2n) is 7.30. The van der Waals surface area contributed by atoms with E-state index in [9.17, 15) is 18.4 Å². The minimum Gasteiger partial charge on any atom is -0.349 e. The van der Waals surface area contributed by atoms with E-state index in [1.54, 1.807) is 30.3 Å². The molecule has 7 heteroatoms. The molecule has 31 heavy (non-hydrogen) atoms. The van der Waals surface area contributed by atoms with Crippen LogP contribution >= 0.6 is 11.3 Å². The van der Waals surface area contributed by atoms with Crippen molar-refractivity contribution in [2.75, 3.05) is 4.90 Å². The van der Waals surface area contributed by atoms with Gasteiger partial charge in [0.1, 0.15) is 11.6 Å². The Morgan fingerprint density at radius 1 is 1.10 bits per heavy atom. The fraction of sp³-hybridized carbons (Fsp3) is 0.167. The van der Waals surface area contributed by atoms with Gasteiger partial charge in [0.25, 0.3) is 11.8 Å². The van der Waals surface area contributed by atoms with Crippen LogP contribution in [0.15, 0.2) is 66.1 Å². The summed E-state index contributed by atoms with van der Waals surface area (Å²) in [7, 11) is 0. The van der Waals surface area contributed by atoms with Crippen molar-refractivity contribution in [2.45, 2.75) is 25.4 Å². The summed E-state index contributed by atoms with van der Waals surface area (Å²) in [6.45, 7) is 0.170. The van der Waals surface area contributed by atoms with Crippen LogP contribution in [-0.4, -0.2) is 17.9 Å². The molecule has 2 amide bonds. The third-order valence-electron chi connectivity index (χ3n) is 4.86. The van der Waals surface area contributed by atoms with Gasteiger partial charge >= 0.3 is 0 Å². The first kappa shape index (κ1) is 20.9. The second-order valence-corrected chi connectivity index (χ2v) is 8.33. The Morgan fingerprint density at radius 2 is 1.87 bits per heavy atom. The number of amides is 2. The van der Waals surface area contributed by atoms with E-state index < -0.39 is 17.5 Å². The molecule has 158 valence electrons. The molecule has 0 bridgehead atoms. The maximum absolute atomic E-state index is 14.4. The van der Waals surface area contributed by atoms with Crippen molar-refractivity contribution in [3.8, 4) is 0 Å². The summed E-state index contributed by atoms with van der Waals surface area (Å²) in [4.78, 5) is 27.1. The smallest absolute Gasteiger partial charge is 0.251 e. The number of rotatable bonds is 7. The van der Waals surface area contributed by atoms with Gasteiger partial charge in [-0.25, -0.2) is 8.78 Å². The zero-order valence-corrected chi connectivity index (χ0v) is 17.4. The quantitative estimate of drug-likeness (QED) is 0.518. The molecule has 0 unspecified atom stereocenters. The molecule has 1 aliphatic carbocycles. The fourth-order valence-electron chi connectivity index (χ4n) is 3.04. The second kappa shape index (κ2) is 9.22. The third kappa shape index (κ3) is 5.44. The molecule has 1 fully saturated rings. The van der Waals surface area contributed by atoms with Gasteiger partial charge in [0, 0.05) is 28.6 Å². The molecule has 0 saturated heterocycles. The SMILES string of the molecule is O=C(NC1CC1)c1ccc(/C=C/C(=O)N(Cc2cccs2)c2ccc(F)cc2F)cc1. The molecule has 4 rings (SSSR count). The van der Waals surface area contributed by atoms with Gasteiger partial charge in [-0.3, -0.25) is 9.59 Å². The van der Waals surface area contributed by atoms with Crippen molar-refractivity contribution in [3.05, 3.63) is 93.7 Å². The topological polar surface area (TPSA) is 49.4 Å². The van der Waals surface area contributed by atoms with Gasteiger partial charge in [0.2, 0.25) is 0 Å². The minimum atomic E-state index is -0.802. The van der Waals surface area contributed by atoms with Crippen LogP contribution in [0.3, 0.4) is 0 Å². The lowest BCUT2D eigenvalue weighted by atomic mass is 10.1. The first-order chi connectivity index (χ1) is 15.0. The number of anilines is 1. The Bertz CT molecular complexity index is 1110. The molecule has 2 aromatic carbocycles. The van der Waals surface area contributed by atoms with Crippen LogP contribution in [0.25, 0.3) is 6.08 Å². The number of nitrogens with one attached hydrogen (secondary N) is 1. The molecule has 1 aromatic heterocycles. The van der Waals surface area contributed by atoms with E-state index in [-0.39, 0.29) is 24.2 Å². The molecule has 4 nitrogen and oxygen atoms in total. The highest BCUT2D eigenvalue weighted by molar-refractivity contribution is 7.09. The first-order valence-corrected chi connectivity index (χ1v) is 10.8. The van der Waals surface area contributed by atoms with Gasteiger partial charge in [0.15, 0.2) is 0 Å². The molecule has 1 saturated carbocycles. The Labute approximate surface area is 182 Å². The number of halogens is 2. The van der Waals surface area contributed by atoms with Gasteiger partial charge < -0.3 is 10.2 Å². The van der Waals surface area contributed by atoms with Crippen LogP contribution in [0.1, 0.15) is 33.6 Å². The van der Waals surface area contributed by atoms with E-state index in [2.05, 4.69) is 5.32 Å². The summed E-state index contributed by atoms with van der Waals surface area (Å²) >= 11 is 1.45. The number of carbonyl (C=O) groups excluding carboxylic acids is 2. The van der Waals surface area contributed by atoms with Crippen LogP contribution in [0, 0.1) is 11.6 Å². The molecule has 0 aliphatic heterocycles. The van der Waals surface area contributed by atoms with Gasteiger partial charge in [-0.1, -0.05) is 18.2 Å². The van der Waals surface area contributed by atoms with Gasteiger partial charge in [-0.15, -0.1) is 11.3 Å². The van der Waals surface area contributed by atoms with E-state index in [0.29, 0.717) is 5.56 Å². The molecular formula is C24H20F2N2O2S. The molecule has 1 aliphatic rings. The fourth-order valence-corrected chi connectivity index (χ4v) is 3.73. The first-order valence-electron chi connectivity index (χ1n) is 9.87. The average molecular weight is 438 g/mol. The Hall–Kier alpha value is -3.32. The van der Waals surface area contributed by atoms with E-state index in [4.69, 9.17) is 0 Å². The molecule has 1 heterocycles. The van der Waals surface area contributed by atoms with E-state index in [1.165, 1.54) is 28.4 Å². The number of thiophene rings is 1. The predicted molar refractivity (Wildman–Crippen MR) is 118 cm³/mol. The summed E-state index contributed by atoms with van der Waals surface area (Å²) in [5.74, 6) is -2.05. The zero-order valence-electron chi connectivity index (χ0n) is 16.6. The van der Waals surface area contributed by atoms with Crippen molar-refractivity contribution in [1.29, 1.82) is 0 Å². The van der Waals surface area contributed by atoms with Gasteiger partial charge in [0.05, 0.1) is 12.2 Å². The maximum Gasteiger partial charge on any atom is 0.251 e. The van der Waals surface area contributed by atoms with Gasteiger partial charge in [-0.05, 0) is 60.2 Å². The van der Waals surface area contributed by atoms with Crippen molar-refractivity contribution >= 4 is 34.9 Å². The number of carbonyl (C=O) groups is 2. The molecular weight excluding hydrogens is 418 g/mol. The summed E-state index contributed by atoms with van der Waals surface area (Å²) < 4.78 is 27.7. The summed E-state index contributed by atoms with van der Waals surface area (Å²) in [6, 6.07) is 14.0. The summed E-state index contributed by atoms with van der Waals surface area (Å²) in [5, 5.41) is 4.79. The highest BCUT2D eigenvalue weighted by atomic mass is 32.1. The number of hydrogen-bond donors (Lipinski definition) is 1. The molecule has 0 spiro atoms. The normalized spacial score (nSPS) is 13.4. The summed E-state index contributed by atoms with van der Waals surface area (Å²) in [6.07, 6.45) is 4.99. The lowest BCUT2D eigenvalue weighted by molar-refractivity contribution is -0.114. The monoisotopic (exact) mass is 438 g/mol. The van der Waals surface area contributed by atoms with Crippen molar-refractivity contribution < 1.29 is 18.4 Å². The highest BCUT2D eigenvalue weighted by Crippen LogP contribution is 2.24. The Kier molecular flexibility index (Phi) is 6.23. The van der Waals surface area contributed by atoms with Crippen LogP contribution in [0.4, 0.5) is 14.5 Å². The summed E-state index contributed by atoms with van der Waals surface area (Å²) in [5.41, 5.74) is 1.30. The Balaban J connectivity index is 1.51. The molecule has 0 radical (unpaired) electrons. The van der Waals surface area contributed by atoms with E-state index >= 15 is 0 Å². The zero-order chi connectivity index (χ0) is 21.8. The van der Waals surface area contributed by atoms with Gasteiger partial charge in [-0.2, -0.15) is 0 Å². The van der Waals surface area contributed by atoms with E-state index in [1.807, 2.05) is 17.5 Å². The van der Waals surface area contributed by atoms with Crippen molar-refractivity contribution in [3.63, 3.8) is 0 Å². The van der Waals surface area contributed by atoms with Crippen LogP contribution in [-0.2, 0) is 11.3 Å². The van der Waals surface area contributed by atoms with Crippen molar-refractivity contribution in [1.82, 2.24) is 5.32 Å². The molecule has 1 N–H and O–H groups in total. The largest absolute Gasteiger partial charge is 0.349 e. The Morgan fingerprint density at radius 3 is 2.52 bits per heavy atom. The van der Waals surface area contributed by atoms with Crippen LogP contribution in [0.2, 0.25) is 0 Å². The number of benzene rings is 2. The van der Waals surface area contributed by atoms with Crippen LogP contribution in [0.5, 0.6) is 0 Å². The van der Waals surface area contributed by atoms with E-state index in [0.717, 1.165) is 35.4 Å². The average Bonchev–Trinajstić information content (AvgIpc) is 3.42. The lowest BCUT2D eigenvalue weighted by Crippen LogP contribution is -2.29.